The van der Waals surface area contributed by atoms with Crippen molar-refractivity contribution < 1.29 is 131 Å². The molecular weight excluding hydrogens is 560 g/mol. The van der Waals surface area contributed by atoms with E-state index in [1.54, 1.807) is 0 Å². The number of aryl methyl sites for hydroxylation is 4. The minimum atomic E-state index is 0. The van der Waals surface area contributed by atoms with E-state index in [-0.39, 0.29) is 131 Å². The van der Waals surface area contributed by atoms with Gasteiger partial charge in [-0.2, -0.15) is 69.8 Å². The molecule has 0 amide bonds. The quantitative estimate of drug-likeness (QED) is 0.422. The van der Waals surface area contributed by atoms with Gasteiger partial charge in [0.25, 0.3) is 0 Å². The summed E-state index contributed by atoms with van der Waals surface area (Å²) in [5, 5.41) is 0. The van der Waals surface area contributed by atoms with E-state index in [0.29, 0.717) is 0 Å². The van der Waals surface area contributed by atoms with E-state index in [0.717, 1.165) is 19.3 Å². The van der Waals surface area contributed by atoms with E-state index in [2.05, 4.69) is 50.2 Å². The van der Waals surface area contributed by atoms with Gasteiger partial charge in [0.15, 0.2) is 0 Å². The van der Waals surface area contributed by atoms with E-state index >= 15 is 0 Å². The summed E-state index contributed by atoms with van der Waals surface area (Å²) in [6.07, 6.45) is 3.24. The predicted octanol–water partition coefficient (Wildman–Crippen LogP) is 3.58. The molecular formula is C17H16Y4-2. The second-order valence-electron chi connectivity index (χ2n) is 4.97. The topological polar surface area (TPSA) is 0 Å². The minimum absolute atomic E-state index is 0. The largest absolute Gasteiger partial charge is 0.177 e. The molecule has 0 aromatic heterocycles. The van der Waals surface area contributed by atoms with Crippen molar-refractivity contribution in [3.63, 3.8) is 0 Å². The van der Waals surface area contributed by atoms with Gasteiger partial charge in [-0.1, -0.05) is 20.3 Å². The van der Waals surface area contributed by atoms with Crippen molar-refractivity contribution in [3.8, 4) is 0 Å². The molecule has 0 heterocycles. The third-order valence-corrected chi connectivity index (χ3v) is 3.55. The Morgan fingerprint density at radius 2 is 1.05 bits per heavy atom. The summed E-state index contributed by atoms with van der Waals surface area (Å²) in [5.41, 5.74) is 8.16. The second kappa shape index (κ2) is 12.2. The van der Waals surface area contributed by atoms with Crippen molar-refractivity contribution in [2.45, 2.75) is 33.1 Å². The molecule has 1 aliphatic rings. The average molecular weight is 576 g/mol. The SMILES string of the molecule is Cc1[c-]c2c(cc1)Cc1ccc(C)[c-]c1CC2.[Y].[Y].[Y].[Y]. The molecule has 4 radical (unpaired) electrons. The molecule has 21 heavy (non-hydrogen) atoms. The van der Waals surface area contributed by atoms with E-state index in [9.17, 15) is 0 Å². The smallest absolute Gasteiger partial charge is 0 e. The molecule has 0 atom stereocenters. The maximum atomic E-state index is 3.50. The van der Waals surface area contributed by atoms with E-state index < -0.39 is 0 Å². The second-order valence-corrected chi connectivity index (χ2v) is 4.97. The van der Waals surface area contributed by atoms with Crippen molar-refractivity contribution in [2.24, 2.45) is 0 Å². The summed E-state index contributed by atoms with van der Waals surface area (Å²) in [6, 6.07) is 15.9. The number of hydrogen-bond acceptors (Lipinski definition) is 0. The summed E-state index contributed by atoms with van der Waals surface area (Å²) >= 11 is 0. The van der Waals surface area contributed by atoms with Crippen LogP contribution in [0.5, 0.6) is 0 Å². The van der Waals surface area contributed by atoms with Crippen molar-refractivity contribution in [3.05, 3.63) is 69.8 Å². The van der Waals surface area contributed by atoms with Gasteiger partial charge in [-0.3, -0.25) is 0 Å². The van der Waals surface area contributed by atoms with Crippen LogP contribution in [-0.2, 0) is 150 Å². The molecule has 2 aromatic carbocycles. The molecule has 0 saturated carbocycles. The number of fused-ring (bicyclic) bond motifs is 2. The molecule has 3 rings (SSSR count). The molecule has 0 aliphatic heterocycles. The van der Waals surface area contributed by atoms with Crippen LogP contribution in [0.3, 0.4) is 0 Å². The summed E-state index contributed by atoms with van der Waals surface area (Å²) in [4.78, 5) is 0. The standard InChI is InChI=1S/C17H16.4Y/c1-12-3-5-16-11-17-6-4-13(2)10-15(17)8-7-14(16)9-12;;;;/h3-6H,7-8,11H2,1-2H3;;;;/q-2;;;;. The zero-order valence-electron chi connectivity index (χ0n) is 12.7. The van der Waals surface area contributed by atoms with Crippen LogP contribution in [0.4, 0.5) is 0 Å². The zero-order valence-corrected chi connectivity index (χ0v) is 24.1. The van der Waals surface area contributed by atoms with E-state index in [1.807, 2.05) is 0 Å². The van der Waals surface area contributed by atoms with Gasteiger partial charge in [0.05, 0.1) is 0 Å². The first-order valence-corrected chi connectivity index (χ1v) is 6.24. The molecule has 0 nitrogen and oxygen atoms in total. The fraction of sp³-hybridized carbons (Fsp3) is 0.294. The molecule has 0 bridgehead atoms. The van der Waals surface area contributed by atoms with Crippen LogP contribution in [0.2, 0.25) is 0 Å². The van der Waals surface area contributed by atoms with Crippen LogP contribution in [0.1, 0.15) is 33.4 Å². The zero-order chi connectivity index (χ0) is 11.8. The Hall–Kier alpha value is 2.86. The summed E-state index contributed by atoms with van der Waals surface area (Å²) in [6.45, 7) is 4.24. The Bertz CT molecular complexity index is 527. The van der Waals surface area contributed by atoms with Crippen LogP contribution in [0.25, 0.3) is 0 Å². The van der Waals surface area contributed by atoms with Crippen LogP contribution >= 0.6 is 0 Å². The molecule has 1 aliphatic carbocycles. The third kappa shape index (κ3) is 6.94. The van der Waals surface area contributed by atoms with Gasteiger partial charge in [-0.15, -0.1) is 0 Å². The average Bonchev–Trinajstić information content (AvgIpc) is 2.48. The normalized spacial score (nSPS) is 11.1. The van der Waals surface area contributed by atoms with Gasteiger partial charge >= 0.3 is 0 Å². The Morgan fingerprint density at radius 1 is 0.667 bits per heavy atom. The van der Waals surface area contributed by atoms with Gasteiger partial charge < -0.3 is 0 Å². The molecule has 0 fully saturated rings. The van der Waals surface area contributed by atoms with E-state index in [1.165, 1.54) is 33.4 Å². The maximum absolute atomic E-state index is 3.50. The van der Waals surface area contributed by atoms with Crippen molar-refractivity contribution in [1.82, 2.24) is 0 Å². The Kier molecular flexibility index (Phi) is 15.2. The molecule has 0 saturated heterocycles. The first-order valence-electron chi connectivity index (χ1n) is 6.24. The monoisotopic (exact) mass is 576 g/mol. The van der Waals surface area contributed by atoms with Crippen LogP contribution < -0.4 is 0 Å². The Morgan fingerprint density at radius 3 is 1.43 bits per heavy atom. The number of hydrogen-bond donors (Lipinski definition) is 0. The van der Waals surface area contributed by atoms with Crippen molar-refractivity contribution in [2.75, 3.05) is 0 Å². The van der Waals surface area contributed by atoms with Gasteiger partial charge in [0.1, 0.15) is 0 Å². The molecule has 2 aromatic rings. The molecule has 98 valence electrons. The third-order valence-electron chi connectivity index (χ3n) is 3.55. The van der Waals surface area contributed by atoms with Gasteiger partial charge in [-0.25, -0.2) is 0 Å². The summed E-state index contributed by atoms with van der Waals surface area (Å²) in [7, 11) is 0. The first kappa shape index (κ1) is 26.1. The molecule has 0 spiro atoms. The summed E-state index contributed by atoms with van der Waals surface area (Å²) < 4.78 is 0. The van der Waals surface area contributed by atoms with Crippen molar-refractivity contribution in [1.29, 1.82) is 0 Å². The van der Waals surface area contributed by atoms with Gasteiger partial charge in [0, 0.05) is 131 Å². The Balaban J connectivity index is 0. The fourth-order valence-electron chi connectivity index (χ4n) is 2.60. The Labute approximate surface area is 229 Å². The van der Waals surface area contributed by atoms with Crippen molar-refractivity contribution >= 4 is 0 Å². The van der Waals surface area contributed by atoms with Crippen LogP contribution in [-0.4, -0.2) is 0 Å². The molecule has 0 N–H and O–H groups in total. The van der Waals surface area contributed by atoms with E-state index in [4.69, 9.17) is 0 Å². The minimum Gasteiger partial charge on any atom is -0.177 e. The molecule has 4 heteroatoms. The number of rotatable bonds is 0. The predicted molar refractivity (Wildman–Crippen MR) is 70.2 cm³/mol. The van der Waals surface area contributed by atoms with Gasteiger partial charge in [0.2, 0.25) is 0 Å². The summed E-state index contributed by atoms with van der Waals surface area (Å²) in [5.74, 6) is 0. The van der Waals surface area contributed by atoms with Crippen LogP contribution in [0, 0.1) is 26.0 Å². The fourth-order valence-corrected chi connectivity index (χ4v) is 2.60. The van der Waals surface area contributed by atoms with Gasteiger partial charge in [-0.05, 0) is 12.8 Å². The maximum Gasteiger partial charge on any atom is 0 e. The molecule has 0 unspecified atom stereocenters. The first-order chi connectivity index (χ1) is 8.22. The number of benzene rings is 2. The van der Waals surface area contributed by atoms with Crippen LogP contribution in [0.15, 0.2) is 24.3 Å².